The Morgan fingerprint density at radius 1 is 1.17 bits per heavy atom. The molecule has 2 bridgehead atoms. The minimum atomic E-state index is -1.40. The van der Waals surface area contributed by atoms with E-state index < -0.39 is 30.3 Å². The molecule has 0 unspecified atom stereocenters. The van der Waals surface area contributed by atoms with Crippen LogP contribution in [0.25, 0.3) is 0 Å². The zero-order valence-electron chi connectivity index (χ0n) is 17.9. The summed E-state index contributed by atoms with van der Waals surface area (Å²) in [6, 6.07) is 5.44. The Hall–Kier alpha value is -2.71. The number of allylic oxidation sites excluding steroid dienone is 3. The van der Waals surface area contributed by atoms with E-state index in [4.69, 9.17) is 4.65 Å². The second-order valence-electron chi connectivity index (χ2n) is 8.71. The number of nitrogens with one attached hydrogen (secondary N) is 1. The van der Waals surface area contributed by atoms with E-state index in [1.807, 2.05) is 19.9 Å². The van der Waals surface area contributed by atoms with E-state index >= 15 is 4.39 Å². The number of hydrazine groups is 1. The van der Waals surface area contributed by atoms with Gasteiger partial charge in [-0.1, -0.05) is 23.3 Å². The lowest BCUT2D eigenvalue weighted by molar-refractivity contribution is -0.123. The second kappa shape index (κ2) is 8.20. The molecule has 1 fully saturated rings. The molecular formula is C22H26BFN2O4. The Kier molecular flexibility index (Phi) is 6.01. The van der Waals surface area contributed by atoms with Gasteiger partial charge in [0.1, 0.15) is 5.83 Å². The number of carbonyl (C=O) groups is 2. The van der Waals surface area contributed by atoms with Crippen LogP contribution in [-0.2, 0) is 9.45 Å². The first-order chi connectivity index (χ1) is 14.0. The van der Waals surface area contributed by atoms with Gasteiger partial charge in [-0.25, -0.2) is 9.40 Å². The van der Waals surface area contributed by atoms with Crippen LogP contribution in [0.3, 0.4) is 0 Å². The number of amides is 2. The van der Waals surface area contributed by atoms with Crippen molar-refractivity contribution in [1.29, 1.82) is 0 Å². The summed E-state index contributed by atoms with van der Waals surface area (Å²) in [4.78, 5) is 26.2. The van der Waals surface area contributed by atoms with Gasteiger partial charge in [0, 0.05) is 11.0 Å². The van der Waals surface area contributed by atoms with Crippen molar-refractivity contribution in [2.24, 2.45) is 0 Å². The molecule has 1 heterocycles. The van der Waals surface area contributed by atoms with E-state index in [-0.39, 0.29) is 24.1 Å². The Morgan fingerprint density at radius 2 is 1.80 bits per heavy atom. The Labute approximate surface area is 176 Å². The maximum atomic E-state index is 15.0. The van der Waals surface area contributed by atoms with Crippen molar-refractivity contribution in [3.05, 3.63) is 69.5 Å². The fraction of sp³-hybridized carbons (Fsp3) is 0.364. The van der Waals surface area contributed by atoms with Crippen LogP contribution in [0, 0.1) is 13.8 Å². The maximum Gasteiger partial charge on any atom is 0.490 e. The number of halogens is 1. The minimum Gasteiger partial charge on any atom is -0.423 e. The summed E-state index contributed by atoms with van der Waals surface area (Å²) in [6.07, 6.45) is 3.17. The Balaban J connectivity index is 1.93. The lowest BCUT2D eigenvalue weighted by atomic mass is 9.72. The van der Waals surface area contributed by atoms with E-state index in [1.165, 1.54) is 11.1 Å². The number of rotatable bonds is 2. The number of hydrogen-bond donors (Lipinski definition) is 2. The molecule has 8 heteroatoms. The van der Waals surface area contributed by atoms with Gasteiger partial charge in [-0.2, -0.15) is 0 Å². The molecular weight excluding hydrogens is 386 g/mol. The zero-order chi connectivity index (χ0) is 22.2. The quantitative estimate of drug-likeness (QED) is 0.578. The summed E-state index contributed by atoms with van der Waals surface area (Å²) >= 11 is 0. The molecule has 2 N–H and O–H groups in total. The van der Waals surface area contributed by atoms with Crippen molar-refractivity contribution in [2.45, 2.75) is 46.6 Å². The van der Waals surface area contributed by atoms with Gasteiger partial charge in [-0.05, 0) is 64.8 Å². The van der Waals surface area contributed by atoms with Gasteiger partial charge < -0.3 is 9.68 Å². The SMILES string of the molecule is Cc1cc(C)cc(C(=O)N(NC(=O)C2=CC=C3COB(O)C(=C2F)C3)C(C)(C)C)c1. The van der Waals surface area contributed by atoms with Crippen LogP contribution in [-0.4, -0.2) is 41.1 Å². The minimum absolute atomic E-state index is 0.00865. The van der Waals surface area contributed by atoms with Crippen LogP contribution < -0.4 is 5.43 Å². The summed E-state index contributed by atoms with van der Waals surface area (Å²) in [5.41, 5.74) is 4.59. The van der Waals surface area contributed by atoms with Crippen LogP contribution in [0.15, 0.2) is 52.8 Å². The van der Waals surface area contributed by atoms with Crippen LogP contribution in [0.5, 0.6) is 0 Å². The number of aryl methyl sites for hydroxylation is 2. The summed E-state index contributed by atoms with van der Waals surface area (Å²) in [5, 5.41) is 11.2. The molecule has 1 aliphatic carbocycles. The van der Waals surface area contributed by atoms with Gasteiger partial charge in [-0.3, -0.25) is 15.0 Å². The fourth-order valence-corrected chi connectivity index (χ4v) is 3.50. The van der Waals surface area contributed by atoms with Gasteiger partial charge in [0.25, 0.3) is 11.8 Å². The van der Waals surface area contributed by atoms with Gasteiger partial charge in [0.2, 0.25) is 0 Å². The van der Waals surface area contributed by atoms with Crippen molar-refractivity contribution >= 4 is 18.9 Å². The van der Waals surface area contributed by atoms with Crippen molar-refractivity contribution in [3.63, 3.8) is 0 Å². The van der Waals surface area contributed by atoms with Crippen molar-refractivity contribution < 1.29 is 23.7 Å². The molecule has 0 radical (unpaired) electrons. The molecule has 2 aliphatic rings. The van der Waals surface area contributed by atoms with Gasteiger partial charge in [0.05, 0.1) is 17.7 Å². The van der Waals surface area contributed by atoms with Crippen molar-refractivity contribution in [1.82, 2.24) is 10.4 Å². The van der Waals surface area contributed by atoms with E-state index in [9.17, 15) is 14.6 Å². The summed E-state index contributed by atoms with van der Waals surface area (Å²) in [5.74, 6) is -2.01. The highest BCUT2D eigenvalue weighted by Crippen LogP contribution is 2.31. The van der Waals surface area contributed by atoms with Crippen LogP contribution in [0.1, 0.15) is 48.7 Å². The molecule has 0 atom stereocenters. The highest BCUT2D eigenvalue weighted by Gasteiger charge is 2.35. The largest absolute Gasteiger partial charge is 0.490 e. The maximum absolute atomic E-state index is 15.0. The molecule has 0 aromatic heterocycles. The third kappa shape index (κ3) is 4.55. The standard InChI is InChI=1S/C22H26BFN2O4/c1-13-8-14(2)10-16(9-13)21(28)26(22(3,4)5)25-20(27)17-7-6-15-11-18(19(17)24)23(29)30-12-15/h6-10,29H,11-12H2,1-5H3,(H,25,27). The zero-order valence-corrected chi connectivity index (χ0v) is 17.9. The van der Waals surface area contributed by atoms with Crippen LogP contribution in [0.2, 0.25) is 0 Å². The lowest BCUT2D eigenvalue weighted by Crippen LogP contribution is -2.56. The molecule has 0 saturated carbocycles. The monoisotopic (exact) mass is 412 g/mol. The second-order valence-corrected chi connectivity index (χ2v) is 8.71. The smallest absolute Gasteiger partial charge is 0.423 e. The van der Waals surface area contributed by atoms with E-state index in [1.54, 1.807) is 39.0 Å². The predicted octanol–water partition coefficient (Wildman–Crippen LogP) is 3.11. The Morgan fingerprint density at radius 3 is 2.40 bits per heavy atom. The number of carbonyl (C=O) groups excluding carboxylic acids is 2. The van der Waals surface area contributed by atoms with E-state index in [0.717, 1.165) is 16.7 Å². The van der Waals surface area contributed by atoms with Gasteiger partial charge in [-0.15, -0.1) is 0 Å². The molecule has 1 aromatic carbocycles. The number of benzene rings is 1. The van der Waals surface area contributed by atoms with Gasteiger partial charge >= 0.3 is 7.12 Å². The summed E-state index contributed by atoms with van der Waals surface area (Å²) in [6.45, 7) is 9.27. The average molecular weight is 412 g/mol. The molecule has 3 rings (SSSR count). The van der Waals surface area contributed by atoms with E-state index in [2.05, 4.69) is 5.43 Å². The third-order valence-electron chi connectivity index (χ3n) is 4.95. The molecule has 1 aliphatic heterocycles. The van der Waals surface area contributed by atoms with Crippen molar-refractivity contribution in [3.8, 4) is 0 Å². The highest BCUT2D eigenvalue weighted by molar-refractivity contribution is 6.53. The summed E-state index contributed by atoms with van der Waals surface area (Å²) in [7, 11) is -1.40. The van der Waals surface area contributed by atoms with Crippen LogP contribution in [0.4, 0.5) is 4.39 Å². The van der Waals surface area contributed by atoms with Gasteiger partial charge in [0.15, 0.2) is 0 Å². The molecule has 2 amide bonds. The van der Waals surface area contributed by atoms with E-state index in [0.29, 0.717) is 5.56 Å². The summed E-state index contributed by atoms with van der Waals surface area (Å²) < 4.78 is 20.2. The van der Waals surface area contributed by atoms with Crippen LogP contribution >= 0.6 is 0 Å². The highest BCUT2D eigenvalue weighted by atomic mass is 19.1. The first kappa shape index (κ1) is 22.0. The number of nitrogens with zero attached hydrogens (tertiary/aromatic N) is 1. The molecule has 0 spiro atoms. The lowest BCUT2D eigenvalue weighted by Gasteiger charge is -2.35. The molecule has 1 saturated heterocycles. The first-order valence-electron chi connectivity index (χ1n) is 9.79. The molecule has 6 nitrogen and oxygen atoms in total. The third-order valence-corrected chi connectivity index (χ3v) is 4.95. The average Bonchev–Trinajstić information content (AvgIpc) is 2.78. The fourth-order valence-electron chi connectivity index (χ4n) is 3.50. The number of hydrogen-bond acceptors (Lipinski definition) is 4. The molecule has 30 heavy (non-hydrogen) atoms. The topological polar surface area (TPSA) is 78.9 Å². The normalized spacial score (nSPS) is 16.6. The molecule has 1 aromatic rings. The predicted molar refractivity (Wildman–Crippen MR) is 113 cm³/mol. The number of fused-ring (bicyclic) bond motifs is 2. The Bertz CT molecular complexity index is 971. The van der Waals surface area contributed by atoms with Crippen molar-refractivity contribution in [2.75, 3.05) is 6.61 Å². The molecule has 158 valence electrons. The first-order valence-corrected chi connectivity index (χ1v) is 9.79.